The summed E-state index contributed by atoms with van der Waals surface area (Å²) in [4.78, 5) is 11.6. The third-order valence-electron chi connectivity index (χ3n) is 2.83. The van der Waals surface area contributed by atoms with E-state index in [1.807, 2.05) is 0 Å². The third-order valence-corrected chi connectivity index (χ3v) is 2.83. The van der Waals surface area contributed by atoms with Crippen LogP contribution >= 0.6 is 0 Å². The first-order valence-electron chi connectivity index (χ1n) is 5.20. The van der Waals surface area contributed by atoms with E-state index >= 15 is 0 Å². The van der Waals surface area contributed by atoms with Crippen LogP contribution in [0.25, 0.3) is 0 Å². The van der Waals surface area contributed by atoms with Crippen molar-refractivity contribution in [2.24, 2.45) is 11.7 Å². The number of nitrogens with two attached hydrogens (primary N) is 1. The Labute approximate surface area is 85.2 Å². The maximum Gasteiger partial charge on any atom is 0.250 e. The van der Waals surface area contributed by atoms with Gasteiger partial charge in [-0.2, -0.15) is 0 Å². The molecule has 0 radical (unpaired) electrons. The van der Waals surface area contributed by atoms with Crippen LogP contribution in [0.1, 0.15) is 26.2 Å². The molecular formula is C10H20N2O2. The Kier molecular flexibility index (Phi) is 4.35. The summed E-state index contributed by atoms with van der Waals surface area (Å²) in [6, 6.07) is 0.321. The molecule has 82 valence electrons. The van der Waals surface area contributed by atoms with Gasteiger partial charge in [0.15, 0.2) is 0 Å². The summed E-state index contributed by atoms with van der Waals surface area (Å²) in [5.74, 6) is 0.647. The van der Waals surface area contributed by atoms with Crippen molar-refractivity contribution in [2.45, 2.75) is 38.3 Å². The lowest BCUT2D eigenvalue weighted by Gasteiger charge is -2.17. The minimum atomic E-state index is -0.495. The van der Waals surface area contributed by atoms with Crippen molar-refractivity contribution in [3.8, 4) is 0 Å². The number of methoxy groups -OCH3 is 1. The minimum Gasteiger partial charge on any atom is -0.370 e. The second-order valence-electron chi connectivity index (χ2n) is 4.08. The molecular weight excluding hydrogens is 180 g/mol. The van der Waals surface area contributed by atoms with E-state index in [1.54, 1.807) is 0 Å². The molecule has 3 unspecified atom stereocenters. The Bertz CT molecular complexity index is 193. The fourth-order valence-electron chi connectivity index (χ4n) is 1.94. The highest BCUT2D eigenvalue weighted by molar-refractivity contribution is 5.81. The molecule has 1 amide bonds. The van der Waals surface area contributed by atoms with Gasteiger partial charge in [0.2, 0.25) is 0 Å². The maximum atomic E-state index is 11.6. The smallest absolute Gasteiger partial charge is 0.250 e. The lowest BCUT2D eigenvalue weighted by molar-refractivity contribution is -0.131. The molecule has 4 nitrogen and oxygen atoms in total. The first kappa shape index (κ1) is 11.5. The Morgan fingerprint density at radius 3 is 2.79 bits per heavy atom. The number of carbonyl (C=O) groups excluding carboxylic acids is 1. The second kappa shape index (κ2) is 5.32. The van der Waals surface area contributed by atoms with Crippen LogP contribution in [0.15, 0.2) is 0 Å². The lowest BCUT2D eigenvalue weighted by atomic mass is 10.1. The molecule has 0 aromatic rings. The Morgan fingerprint density at radius 2 is 2.36 bits per heavy atom. The Morgan fingerprint density at radius 1 is 1.64 bits per heavy atom. The zero-order valence-corrected chi connectivity index (χ0v) is 8.95. The number of rotatable bonds is 4. The van der Waals surface area contributed by atoms with Gasteiger partial charge in [-0.05, 0) is 25.2 Å². The van der Waals surface area contributed by atoms with E-state index in [1.165, 1.54) is 13.5 Å². The molecule has 1 aliphatic carbocycles. The Balaban J connectivity index is 2.32. The first-order chi connectivity index (χ1) is 6.67. The van der Waals surface area contributed by atoms with E-state index in [2.05, 4.69) is 12.2 Å². The molecule has 0 bridgehead atoms. The summed E-state index contributed by atoms with van der Waals surface area (Å²) in [5.41, 5.74) is 5.40. The van der Waals surface area contributed by atoms with Crippen LogP contribution in [-0.2, 0) is 9.53 Å². The summed E-state index contributed by atoms with van der Waals surface area (Å²) >= 11 is 0. The third kappa shape index (κ3) is 2.96. The van der Waals surface area contributed by atoms with Gasteiger partial charge in [-0.15, -0.1) is 0 Å². The van der Waals surface area contributed by atoms with Crippen LogP contribution in [0.2, 0.25) is 0 Å². The number of carbonyl (C=O) groups is 1. The number of hydrogen-bond acceptors (Lipinski definition) is 3. The topological polar surface area (TPSA) is 64.3 Å². The maximum absolute atomic E-state index is 11.6. The van der Waals surface area contributed by atoms with E-state index < -0.39 is 6.10 Å². The second-order valence-corrected chi connectivity index (χ2v) is 4.08. The largest absolute Gasteiger partial charge is 0.370 e. The van der Waals surface area contributed by atoms with Gasteiger partial charge in [-0.3, -0.25) is 4.79 Å². The summed E-state index contributed by atoms with van der Waals surface area (Å²) in [6.07, 6.45) is 2.86. The molecule has 0 saturated heterocycles. The van der Waals surface area contributed by atoms with Crippen LogP contribution in [0.4, 0.5) is 0 Å². The quantitative estimate of drug-likeness (QED) is 0.684. The predicted molar refractivity (Wildman–Crippen MR) is 54.8 cm³/mol. The van der Waals surface area contributed by atoms with Gasteiger partial charge in [-0.1, -0.05) is 6.92 Å². The van der Waals surface area contributed by atoms with Crippen LogP contribution in [0.5, 0.6) is 0 Å². The van der Waals surface area contributed by atoms with E-state index in [4.69, 9.17) is 10.5 Å². The van der Waals surface area contributed by atoms with Crippen molar-refractivity contribution in [2.75, 3.05) is 13.7 Å². The van der Waals surface area contributed by atoms with Crippen molar-refractivity contribution < 1.29 is 9.53 Å². The van der Waals surface area contributed by atoms with Gasteiger partial charge < -0.3 is 15.8 Å². The van der Waals surface area contributed by atoms with Gasteiger partial charge in [0.05, 0.1) is 0 Å². The highest BCUT2D eigenvalue weighted by Gasteiger charge is 2.25. The van der Waals surface area contributed by atoms with Crippen molar-refractivity contribution in [3.05, 3.63) is 0 Å². The molecule has 4 heteroatoms. The minimum absolute atomic E-state index is 0.0749. The van der Waals surface area contributed by atoms with E-state index in [9.17, 15) is 4.79 Å². The summed E-state index contributed by atoms with van der Waals surface area (Å²) in [6.45, 7) is 2.45. The fraction of sp³-hybridized carbons (Fsp3) is 0.900. The first-order valence-corrected chi connectivity index (χ1v) is 5.20. The van der Waals surface area contributed by atoms with Gasteiger partial charge in [0.1, 0.15) is 6.10 Å². The van der Waals surface area contributed by atoms with Crippen LogP contribution in [-0.4, -0.2) is 31.7 Å². The standard InChI is InChI=1S/C10H20N2O2/c1-7-3-4-8(5-7)12-10(13)9(6-11)14-2/h7-9H,3-6,11H2,1-2H3,(H,12,13). The lowest BCUT2D eigenvalue weighted by Crippen LogP contribution is -2.44. The van der Waals surface area contributed by atoms with Gasteiger partial charge in [0.25, 0.3) is 5.91 Å². The average molecular weight is 200 g/mol. The average Bonchev–Trinajstić information content (AvgIpc) is 2.53. The van der Waals surface area contributed by atoms with E-state index in [0.717, 1.165) is 18.8 Å². The van der Waals surface area contributed by atoms with Crippen LogP contribution in [0.3, 0.4) is 0 Å². The van der Waals surface area contributed by atoms with Gasteiger partial charge >= 0.3 is 0 Å². The molecule has 1 aliphatic rings. The van der Waals surface area contributed by atoms with Crippen molar-refractivity contribution >= 4 is 5.91 Å². The molecule has 1 saturated carbocycles. The SMILES string of the molecule is COC(CN)C(=O)NC1CCC(C)C1. The zero-order valence-electron chi connectivity index (χ0n) is 8.95. The summed E-state index contributed by atoms with van der Waals surface area (Å²) in [7, 11) is 1.51. The molecule has 3 N–H and O–H groups in total. The number of ether oxygens (including phenoxy) is 1. The molecule has 0 aromatic carbocycles. The van der Waals surface area contributed by atoms with E-state index in [-0.39, 0.29) is 12.5 Å². The van der Waals surface area contributed by atoms with Crippen molar-refractivity contribution in [1.29, 1.82) is 0 Å². The fourth-order valence-corrected chi connectivity index (χ4v) is 1.94. The molecule has 0 aliphatic heterocycles. The highest BCUT2D eigenvalue weighted by Crippen LogP contribution is 2.24. The van der Waals surface area contributed by atoms with Crippen molar-refractivity contribution in [1.82, 2.24) is 5.32 Å². The van der Waals surface area contributed by atoms with Crippen molar-refractivity contribution in [3.63, 3.8) is 0 Å². The number of amides is 1. The molecule has 14 heavy (non-hydrogen) atoms. The highest BCUT2D eigenvalue weighted by atomic mass is 16.5. The zero-order chi connectivity index (χ0) is 10.6. The normalized spacial score (nSPS) is 28.8. The molecule has 0 heterocycles. The van der Waals surface area contributed by atoms with Gasteiger partial charge in [0, 0.05) is 19.7 Å². The van der Waals surface area contributed by atoms with Crippen LogP contribution in [0, 0.1) is 5.92 Å². The predicted octanol–water partition coefficient (Wildman–Crippen LogP) is 0.265. The summed E-state index contributed by atoms with van der Waals surface area (Å²) in [5, 5.41) is 2.97. The summed E-state index contributed by atoms with van der Waals surface area (Å²) < 4.78 is 4.96. The number of nitrogens with one attached hydrogen (secondary N) is 1. The molecule has 0 spiro atoms. The Hall–Kier alpha value is -0.610. The molecule has 1 rings (SSSR count). The van der Waals surface area contributed by atoms with Gasteiger partial charge in [-0.25, -0.2) is 0 Å². The van der Waals surface area contributed by atoms with E-state index in [0.29, 0.717) is 6.04 Å². The molecule has 3 atom stereocenters. The molecule has 1 fully saturated rings. The number of hydrogen-bond donors (Lipinski definition) is 2. The monoisotopic (exact) mass is 200 g/mol. The van der Waals surface area contributed by atoms with Crippen LogP contribution < -0.4 is 11.1 Å². The molecule has 0 aromatic heterocycles.